The Kier molecular flexibility index (Phi) is 4.31. The number of alkyl halides is 3. The molecule has 5 nitrogen and oxygen atoms in total. The molecule has 0 bridgehead atoms. The minimum Gasteiger partial charge on any atom is -0.257 e. The molecule has 0 spiro atoms. The molecule has 8 heteroatoms. The van der Waals surface area contributed by atoms with Gasteiger partial charge in [-0.1, -0.05) is 29.5 Å². The van der Waals surface area contributed by atoms with E-state index in [1.165, 1.54) is 6.08 Å². The molecule has 1 aromatic carbocycles. The number of rotatable bonds is 3. The van der Waals surface area contributed by atoms with Gasteiger partial charge in [-0.2, -0.15) is 18.4 Å². The van der Waals surface area contributed by atoms with E-state index in [0.29, 0.717) is 11.3 Å². The summed E-state index contributed by atoms with van der Waals surface area (Å²) in [5, 5.41) is 18.9. The molecule has 0 radical (unpaired) electrons. The first-order chi connectivity index (χ1) is 12.0. The standard InChI is InChI=1S/C17H10F3N5/c18-17(19,20)13-6-7-22-14(9-13)5-4-11-2-1-3-12(8-11)16-15(10-21)23-25-24-16/h1-9H,(H,23,24,25)/b5-4+. The highest BCUT2D eigenvalue weighted by Gasteiger charge is 2.30. The monoisotopic (exact) mass is 341 g/mol. The predicted octanol–water partition coefficient (Wildman–Crippen LogP) is 3.93. The van der Waals surface area contributed by atoms with Crippen LogP contribution in [-0.2, 0) is 6.18 Å². The van der Waals surface area contributed by atoms with E-state index in [4.69, 9.17) is 5.26 Å². The molecule has 124 valence electrons. The number of H-pyrrole nitrogens is 1. The topological polar surface area (TPSA) is 78.2 Å². The van der Waals surface area contributed by atoms with Crippen molar-refractivity contribution in [1.82, 2.24) is 20.4 Å². The summed E-state index contributed by atoms with van der Waals surface area (Å²) in [6.45, 7) is 0. The van der Waals surface area contributed by atoms with E-state index in [9.17, 15) is 13.2 Å². The van der Waals surface area contributed by atoms with Crippen LogP contribution < -0.4 is 0 Å². The second-order valence-electron chi connectivity index (χ2n) is 5.07. The van der Waals surface area contributed by atoms with Gasteiger partial charge in [0.05, 0.1) is 11.3 Å². The molecule has 0 amide bonds. The maximum Gasteiger partial charge on any atom is 0.416 e. The molecule has 2 heterocycles. The summed E-state index contributed by atoms with van der Waals surface area (Å²) < 4.78 is 38.2. The maximum atomic E-state index is 12.7. The average Bonchev–Trinajstić information content (AvgIpc) is 3.08. The number of hydrogen-bond acceptors (Lipinski definition) is 4. The van der Waals surface area contributed by atoms with E-state index in [-0.39, 0.29) is 11.4 Å². The van der Waals surface area contributed by atoms with E-state index in [1.54, 1.807) is 30.3 Å². The number of aromatic nitrogens is 4. The molecule has 0 aliphatic carbocycles. The van der Waals surface area contributed by atoms with Crippen LogP contribution in [0.15, 0.2) is 42.6 Å². The zero-order chi connectivity index (χ0) is 17.9. The molecular formula is C17H10F3N5. The van der Waals surface area contributed by atoms with Crippen LogP contribution in [-0.4, -0.2) is 20.4 Å². The first kappa shape index (κ1) is 16.4. The van der Waals surface area contributed by atoms with Gasteiger partial charge in [0.15, 0.2) is 5.69 Å². The molecule has 0 aliphatic heterocycles. The molecule has 3 aromatic rings. The quantitative estimate of drug-likeness (QED) is 0.783. The van der Waals surface area contributed by atoms with Crippen LogP contribution in [0.5, 0.6) is 0 Å². The Morgan fingerprint density at radius 2 is 1.96 bits per heavy atom. The normalized spacial score (nSPS) is 11.6. The van der Waals surface area contributed by atoms with Crippen LogP contribution in [0.3, 0.4) is 0 Å². The third kappa shape index (κ3) is 3.72. The molecular weight excluding hydrogens is 331 g/mol. The van der Waals surface area contributed by atoms with Crippen molar-refractivity contribution in [2.75, 3.05) is 0 Å². The summed E-state index contributed by atoms with van der Waals surface area (Å²) in [5.74, 6) is 0. The summed E-state index contributed by atoms with van der Waals surface area (Å²) in [5.41, 5.74) is 1.52. The molecule has 2 aromatic heterocycles. The van der Waals surface area contributed by atoms with Crippen LogP contribution in [0.2, 0.25) is 0 Å². The van der Waals surface area contributed by atoms with E-state index in [1.807, 2.05) is 6.07 Å². The number of hydrogen-bond donors (Lipinski definition) is 1. The Bertz CT molecular complexity index is 967. The van der Waals surface area contributed by atoms with Crippen molar-refractivity contribution in [3.05, 3.63) is 65.1 Å². The summed E-state index contributed by atoms with van der Waals surface area (Å²) >= 11 is 0. The van der Waals surface area contributed by atoms with E-state index < -0.39 is 11.7 Å². The second kappa shape index (κ2) is 6.57. The van der Waals surface area contributed by atoms with Gasteiger partial charge in [-0.25, -0.2) is 0 Å². The van der Waals surface area contributed by atoms with E-state index in [2.05, 4.69) is 20.4 Å². The highest BCUT2D eigenvalue weighted by atomic mass is 19.4. The summed E-state index contributed by atoms with van der Waals surface area (Å²) in [4.78, 5) is 3.91. The van der Waals surface area contributed by atoms with Gasteiger partial charge in [-0.05, 0) is 29.8 Å². The molecule has 25 heavy (non-hydrogen) atoms. The fourth-order valence-electron chi connectivity index (χ4n) is 2.20. The third-order valence-electron chi connectivity index (χ3n) is 3.38. The molecule has 0 atom stereocenters. The summed E-state index contributed by atoms with van der Waals surface area (Å²) in [6, 6.07) is 10.9. The highest BCUT2D eigenvalue weighted by molar-refractivity contribution is 5.73. The number of benzene rings is 1. The molecule has 3 rings (SSSR count). The molecule has 0 saturated carbocycles. The van der Waals surface area contributed by atoms with Crippen LogP contribution in [0.4, 0.5) is 13.2 Å². The van der Waals surface area contributed by atoms with Gasteiger partial charge < -0.3 is 0 Å². The number of nitrogens with one attached hydrogen (secondary N) is 1. The number of nitriles is 1. The SMILES string of the molecule is N#Cc1nn[nH]c1-c1cccc(/C=C/c2cc(C(F)(F)F)ccn2)c1. The van der Waals surface area contributed by atoms with Gasteiger partial charge >= 0.3 is 6.18 Å². The van der Waals surface area contributed by atoms with Crippen LogP contribution in [0.25, 0.3) is 23.4 Å². The van der Waals surface area contributed by atoms with Crippen molar-refractivity contribution in [2.45, 2.75) is 6.18 Å². The number of aromatic amines is 1. The molecule has 0 fully saturated rings. The molecule has 0 unspecified atom stereocenters. The van der Waals surface area contributed by atoms with Crippen LogP contribution in [0, 0.1) is 11.3 Å². The summed E-state index contributed by atoms with van der Waals surface area (Å²) in [6.07, 6.45) is -0.159. The highest BCUT2D eigenvalue weighted by Crippen LogP contribution is 2.29. The van der Waals surface area contributed by atoms with Crippen molar-refractivity contribution in [3.8, 4) is 17.3 Å². The van der Waals surface area contributed by atoms with Crippen LogP contribution >= 0.6 is 0 Å². The molecule has 1 N–H and O–H groups in total. The lowest BCUT2D eigenvalue weighted by molar-refractivity contribution is -0.137. The molecule has 0 saturated heterocycles. The summed E-state index contributed by atoms with van der Waals surface area (Å²) in [7, 11) is 0. The number of nitrogens with zero attached hydrogens (tertiary/aromatic N) is 4. The second-order valence-corrected chi connectivity index (χ2v) is 5.07. The van der Waals surface area contributed by atoms with Gasteiger partial charge in [0.1, 0.15) is 11.8 Å². The van der Waals surface area contributed by atoms with Crippen LogP contribution in [0.1, 0.15) is 22.5 Å². The van der Waals surface area contributed by atoms with Gasteiger partial charge in [0, 0.05) is 11.8 Å². The minimum atomic E-state index is -4.41. The lowest BCUT2D eigenvalue weighted by atomic mass is 10.1. The number of pyridine rings is 1. The Morgan fingerprint density at radius 3 is 2.72 bits per heavy atom. The Hall–Kier alpha value is -3.47. The fraction of sp³-hybridized carbons (Fsp3) is 0.0588. The first-order valence-corrected chi connectivity index (χ1v) is 7.10. The van der Waals surface area contributed by atoms with E-state index in [0.717, 1.165) is 23.9 Å². The Labute approximate surface area is 140 Å². The van der Waals surface area contributed by atoms with Crippen molar-refractivity contribution >= 4 is 12.2 Å². The average molecular weight is 341 g/mol. The zero-order valence-electron chi connectivity index (χ0n) is 12.6. The Balaban J connectivity index is 1.88. The van der Waals surface area contributed by atoms with Gasteiger partial charge in [0.2, 0.25) is 0 Å². The number of halogens is 3. The fourth-order valence-corrected chi connectivity index (χ4v) is 2.20. The maximum absolute atomic E-state index is 12.7. The van der Waals surface area contributed by atoms with Gasteiger partial charge in [0.25, 0.3) is 0 Å². The van der Waals surface area contributed by atoms with Crippen molar-refractivity contribution < 1.29 is 13.2 Å². The largest absolute Gasteiger partial charge is 0.416 e. The van der Waals surface area contributed by atoms with E-state index >= 15 is 0 Å². The smallest absolute Gasteiger partial charge is 0.257 e. The lowest BCUT2D eigenvalue weighted by Gasteiger charge is -2.06. The zero-order valence-corrected chi connectivity index (χ0v) is 12.6. The van der Waals surface area contributed by atoms with Gasteiger partial charge in [-0.3, -0.25) is 10.1 Å². The van der Waals surface area contributed by atoms with Crippen molar-refractivity contribution in [2.24, 2.45) is 0 Å². The van der Waals surface area contributed by atoms with Gasteiger partial charge in [-0.15, -0.1) is 5.10 Å². The van der Waals surface area contributed by atoms with Crippen molar-refractivity contribution in [1.29, 1.82) is 5.26 Å². The third-order valence-corrected chi connectivity index (χ3v) is 3.38. The van der Waals surface area contributed by atoms with Crippen molar-refractivity contribution in [3.63, 3.8) is 0 Å². The molecule has 0 aliphatic rings. The predicted molar refractivity (Wildman–Crippen MR) is 84.7 cm³/mol. The first-order valence-electron chi connectivity index (χ1n) is 7.10. The minimum absolute atomic E-state index is 0.167. The lowest BCUT2D eigenvalue weighted by Crippen LogP contribution is -2.05. The Morgan fingerprint density at radius 1 is 1.12 bits per heavy atom.